The number of hydrogen-bond acceptors (Lipinski definition) is 5. The lowest BCUT2D eigenvalue weighted by molar-refractivity contribution is -0.112. The Morgan fingerprint density at radius 1 is 1.22 bits per heavy atom. The summed E-state index contributed by atoms with van der Waals surface area (Å²) in [6.07, 6.45) is 2.05. The number of anilines is 1. The number of aryl methyl sites for hydroxylation is 1. The van der Waals surface area contributed by atoms with Gasteiger partial charge in [-0.2, -0.15) is 13.7 Å². The topological polar surface area (TPSA) is 119 Å². The average Bonchev–Trinajstić information content (AvgIpc) is 2.62. The van der Waals surface area contributed by atoms with Crippen molar-refractivity contribution in [2.45, 2.75) is 18.2 Å². The molecule has 3 N–H and O–H groups in total. The van der Waals surface area contributed by atoms with Gasteiger partial charge in [-0.3, -0.25) is 9.35 Å². The molecule has 0 aromatic heterocycles. The van der Waals surface area contributed by atoms with Crippen LogP contribution < -0.4 is 10.6 Å². The van der Waals surface area contributed by atoms with E-state index in [1.807, 2.05) is 31.2 Å². The van der Waals surface area contributed by atoms with Crippen LogP contribution in [0.15, 0.2) is 65.2 Å². The van der Waals surface area contributed by atoms with E-state index in [-0.39, 0.29) is 16.2 Å². The largest absolute Gasteiger partial charge is 0.389 e. The fraction of sp³-hybridized carbons (Fsp3) is 0.158. The summed E-state index contributed by atoms with van der Waals surface area (Å²) in [5.41, 5.74) is 2.30. The molecule has 0 radical (unpaired) electrons. The van der Waals surface area contributed by atoms with Gasteiger partial charge in [-0.1, -0.05) is 35.9 Å². The normalized spacial score (nSPS) is 11.5. The minimum absolute atomic E-state index is 0.149. The molecule has 0 unspecified atom stereocenters. The molecule has 27 heavy (non-hydrogen) atoms. The second-order valence-corrected chi connectivity index (χ2v) is 7.24. The van der Waals surface area contributed by atoms with Crippen LogP contribution in [0.25, 0.3) is 0 Å². The van der Waals surface area contributed by atoms with Crippen LogP contribution in [0.1, 0.15) is 11.1 Å². The molecule has 0 atom stereocenters. The smallest absolute Gasteiger partial charge is 0.294 e. The first-order chi connectivity index (χ1) is 12.8. The van der Waals surface area contributed by atoms with Crippen LogP contribution >= 0.6 is 0 Å². The van der Waals surface area contributed by atoms with Crippen molar-refractivity contribution in [3.63, 3.8) is 0 Å². The maximum Gasteiger partial charge on any atom is 0.294 e. The summed E-state index contributed by atoms with van der Waals surface area (Å²) >= 11 is 0. The van der Waals surface area contributed by atoms with Crippen molar-refractivity contribution in [2.75, 3.05) is 11.9 Å². The Balaban J connectivity index is 1.96. The van der Waals surface area contributed by atoms with Gasteiger partial charge in [-0.25, -0.2) is 0 Å². The molecule has 2 rings (SSSR count). The molecule has 8 heteroatoms. The molecule has 0 saturated heterocycles. The number of nitriles is 1. The predicted molar refractivity (Wildman–Crippen MR) is 101 cm³/mol. The molecule has 0 fully saturated rings. The van der Waals surface area contributed by atoms with Gasteiger partial charge in [-0.15, -0.1) is 0 Å². The van der Waals surface area contributed by atoms with Crippen LogP contribution in [0.4, 0.5) is 5.69 Å². The monoisotopic (exact) mass is 385 g/mol. The molecule has 7 nitrogen and oxygen atoms in total. The van der Waals surface area contributed by atoms with E-state index in [4.69, 9.17) is 9.81 Å². The quantitative estimate of drug-likeness (QED) is 0.291. The molecule has 0 spiro atoms. The summed E-state index contributed by atoms with van der Waals surface area (Å²) in [7, 11) is -4.38. The van der Waals surface area contributed by atoms with Gasteiger partial charge in [0.2, 0.25) is 0 Å². The summed E-state index contributed by atoms with van der Waals surface area (Å²) in [6.45, 7) is 2.55. The Morgan fingerprint density at radius 2 is 1.93 bits per heavy atom. The number of carbonyl (C=O) groups excluding carboxylic acids is 1. The zero-order chi connectivity index (χ0) is 19.9. The van der Waals surface area contributed by atoms with Crippen LogP contribution in [-0.4, -0.2) is 25.4 Å². The Morgan fingerprint density at radius 3 is 2.56 bits per heavy atom. The Kier molecular flexibility index (Phi) is 6.71. The van der Waals surface area contributed by atoms with E-state index in [1.54, 1.807) is 6.07 Å². The Hall–Kier alpha value is -3.15. The number of nitrogens with one attached hydrogen (secondary N) is 2. The number of benzene rings is 2. The van der Waals surface area contributed by atoms with Gasteiger partial charge < -0.3 is 10.6 Å². The Labute approximate surface area is 158 Å². The molecule has 1 amide bonds. The summed E-state index contributed by atoms with van der Waals surface area (Å²) in [6, 6.07) is 15.0. The van der Waals surface area contributed by atoms with Crippen LogP contribution in [-0.2, 0) is 21.3 Å². The fourth-order valence-electron chi connectivity index (χ4n) is 2.23. The van der Waals surface area contributed by atoms with E-state index in [9.17, 15) is 13.2 Å². The molecule has 0 saturated carbocycles. The lowest BCUT2D eigenvalue weighted by Gasteiger charge is -2.06. The van der Waals surface area contributed by atoms with Crippen molar-refractivity contribution in [1.82, 2.24) is 5.32 Å². The van der Waals surface area contributed by atoms with Crippen LogP contribution in [0.5, 0.6) is 0 Å². The average molecular weight is 385 g/mol. The van der Waals surface area contributed by atoms with Gasteiger partial charge in [0.25, 0.3) is 16.0 Å². The molecule has 0 heterocycles. The third-order valence-electron chi connectivity index (χ3n) is 3.68. The minimum Gasteiger partial charge on any atom is -0.389 e. The molecule has 140 valence electrons. The molecular weight excluding hydrogens is 366 g/mol. The first-order valence-electron chi connectivity index (χ1n) is 8.07. The van der Waals surface area contributed by atoms with E-state index in [0.29, 0.717) is 6.54 Å². The van der Waals surface area contributed by atoms with Crippen molar-refractivity contribution < 1.29 is 17.8 Å². The third kappa shape index (κ3) is 6.26. The van der Waals surface area contributed by atoms with Crippen molar-refractivity contribution >= 4 is 21.7 Å². The number of nitrogens with zero attached hydrogens (tertiary/aromatic N) is 1. The lowest BCUT2D eigenvalue weighted by Crippen LogP contribution is -2.18. The number of hydrogen-bond donors (Lipinski definition) is 3. The third-order valence-corrected chi connectivity index (χ3v) is 4.53. The summed E-state index contributed by atoms with van der Waals surface area (Å²) < 4.78 is 31.3. The van der Waals surface area contributed by atoms with Crippen LogP contribution in [0, 0.1) is 18.3 Å². The molecule has 0 bridgehead atoms. The molecule has 2 aromatic rings. The fourth-order valence-corrected chi connectivity index (χ4v) is 2.75. The second-order valence-electron chi connectivity index (χ2n) is 5.82. The van der Waals surface area contributed by atoms with Gasteiger partial charge >= 0.3 is 0 Å². The van der Waals surface area contributed by atoms with Gasteiger partial charge in [-0.05, 0) is 37.1 Å². The van der Waals surface area contributed by atoms with E-state index >= 15 is 0 Å². The van der Waals surface area contributed by atoms with Crippen LogP contribution in [0.3, 0.4) is 0 Å². The zero-order valence-corrected chi connectivity index (χ0v) is 15.5. The van der Waals surface area contributed by atoms with Crippen molar-refractivity contribution in [1.29, 1.82) is 5.26 Å². The molecule has 0 aliphatic heterocycles. The molecule has 0 aliphatic rings. The van der Waals surface area contributed by atoms with Crippen molar-refractivity contribution in [3.8, 4) is 6.07 Å². The Bertz CT molecular complexity index is 990. The maximum absolute atomic E-state index is 12.2. The SMILES string of the molecule is Cc1ccc(CCN/C=C(/C#N)C(=O)Nc2cccc(S(=O)(=O)O)c2)cc1. The van der Waals surface area contributed by atoms with Gasteiger partial charge in [0.1, 0.15) is 11.6 Å². The highest BCUT2D eigenvalue weighted by molar-refractivity contribution is 7.85. The summed E-state index contributed by atoms with van der Waals surface area (Å²) in [5.74, 6) is -0.687. The number of carbonyl (C=O) groups is 1. The minimum atomic E-state index is -4.38. The zero-order valence-electron chi connectivity index (χ0n) is 14.6. The first-order valence-corrected chi connectivity index (χ1v) is 9.52. The first kappa shape index (κ1) is 20.2. The van der Waals surface area contributed by atoms with E-state index in [1.165, 1.54) is 30.0 Å². The number of rotatable bonds is 7. The second kappa shape index (κ2) is 8.98. The standard InChI is InChI=1S/C19H19N3O4S/c1-14-5-7-15(8-6-14)9-10-21-13-16(12-20)19(23)22-17-3-2-4-18(11-17)27(24,25)26/h2-8,11,13,21H,9-10H2,1H3,(H,22,23)(H,24,25,26)/b16-13-. The molecule has 2 aromatic carbocycles. The summed E-state index contributed by atoms with van der Waals surface area (Å²) in [4.78, 5) is 11.8. The van der Waals surface area contributed by atoms with Gasteiger partial charge in [0.15, 0.2) is 0 Å². The summed E-state index contributed by atoms with van der Waals surface area (Å²) in [5, 5.41) is 14.5. The highest BCUT2D eigenvalue weighted by Gasteiger charge is 2.13. The van der Waals surface area contributed by atoms with Crippen molar-refractivity contribution in [2.24, 2.45) is 0 Å². The van der Waals surface area contributed by atoms with Crippen molar-refractivity contribution in [3.05, 3.63) is 71.4 Å². The predicted octanol–water partition coefficient (Wildman–Crippen LogP) is 2.42. The van der Waals surface area contributed by atoms with E-state index in [0.717, 1.165) is 18.1 Å². The number of amides is 1. The highest BCUT2D eigenvalue weighted by atomic mass is 32.2. The van der Waals surface area contributed by atoms with Crippen LogP contribution in [0.2, 0.25) is 0 Å². The maximum atomic E-state index is 12.2. The van der Waals surface area contributed by atoms with E-state index in [2.05, 4.69) is 10.6 Å². The van der Waals surface area contributed by atoms with E-state index < -0.39 is 16.0 Å². The van der Waals surface area contributed by atoms with Gasteiger partial charge in [0.05, 0.1) is 4.90 Å². The lowest BCUT2D eigenvalue weighted by atomic mass is 10.1. The highest BCUT2D eigenvalue weighted by Crippen LogP contribution is 2.15. The molecular formula is C19H19N3O4S. The molecule has 0 aliphatic carbocycles. The van der Waals surface area contributed by atoms with Gasteiger partial charge in [0, 0.05) is 18.4 Å².